The molecule has 0 saturated carbocycles. The van der Waals surface area contributed by atoms with Crippen LogP contribution >= 0.6 is 0 Å². The molecule has 0 spiro atoms. The molecule has 87 valence electrons. The molecule has 0 saturated heterocycles. The first-order valence-electron chi connectivity index (χ1n) is 4.08. The predicted octanol–water partition coefficient (Wildman–Crippen LogP) is 0.893. The van der Waals surface area contributed by atoms with Gasteiger partial charge in [-0.15, -0.1) is 0 Å². The van der Waals surface area contributed by atoms with Gasteiger partial charge in [-0.2, -0.15) is 0 Å². The molecular formula is C10H14BO5. The summed E-state index contributed by atoms with van der Waals surface area (Å²) in [6.07, 6.45) is 2.62. The van der Waals surface area contributed by atoms with Gasteiger partial charge in [-0.3, -0.25) is 0 Å². The van der Waals surface area contributed by atoms with Gasteiger partial charge in [0.2, 0.25) is 0 Å². The van der Waals surface area contributed by atoms with Crippen LogP contribution in [0.5, 0.6) is 11.5 Å². The standard InChI is InChI=1S/C6H6O2.C4H6O.BH2O2/c7-5-3-1-2-4-6(5)8;1-3-5-4-2;2-1-3/h1-4,7-8H;3-4H,1-2H2;2-3H. The molecule has 6 heteroatoms. The lowest BCUT2D eigenvalue weighted by Crippen LogP contribution is -1.75. The monoisotopic (exact) mass is 225 g/mol. The van der Waals surface area contributed by atoms with E-state index in [4.69, 9.17) is 20.3 Å². The summed E-state index contributed by atoms with van der Waals surface area (Å²) < 4.78 is 4.36. The van der Waals surface area contributed by atoms with Gasteiger partial charge < -0.3 is 25.0 Å². The molecule has 0 amide bonds. The highest BCUT2D eigenvalue weighted by atomic mass is 16.5. The van der Waals surface area contributed by atoms with Gasteiger partial charge in [-0.1, -0.05) is 25.3 Å². The number of phenols is 2. The summed E-state index contributed by atoms with van der Waals surface area (Å²) in [5, 5.41) is 31.3. The van der Waals surface area contributed by atoms with Crippen LogP contribution < -0.4 is 0 Å². The molecule has 0 fully saturated rings. The SMILES string of the molecule is C=COC=C.O[B]O.Oc1ccccc1O. The molecule has 5 nitrogen and oxygen atoms in total. The van der Waals surface area contributed by atoms with Crippen LogP contribution in [-0.4, -0.2) is 27.9 Å². The van der Waals surface area contributed by atoms with E-state index in [0.29, 0.717) is 0 Å². The quantitative estimate of drug-likeness (QED) is 0.341. The smallest absolute Gasteiger partial charge is 0.482 e. The third-order valence-corrected chi connectivity index (χ3v) is 1.07. The molecule has 0 aliphatic carbocycles. The first kappa shape index (κ1) is 16.5. The van der Waals surface area contributed by atoms with Crippen molar-refractivity contribution >= 4 is 7.69 Å². The largest absolute Gasteiger partial charge is 0.504 e. The first-order chi connectivity index (χ1) is 7.63. The highest BCUT2D eigenvalue weighted by molar-refractivity contribution is 6.13. The number of ether oxygens (including phenoxy) is 1. The summed E-state index contributed by atoms with van der Waals surface area (Å²) in [4.78, 5) is 0. The van der Waals surface area contributed by atoms with E-state index in [1.807, 2.05) is 0 Å². The average Bonchev–Trinajstić information content (AvgIpc) is 2.26. The van der Waals surface area contributed by atoms with Crippen LogP contribution in [0.2, 0.25) is 0 Å². The second-order valence-electron chi connectivity index (χ2n) is 2.07. The van der Waals surface area contributed by atoms with Crippen molar-refractivity contribution in [2.45, 2.75) is 0 Å². The molecule has 0 aliphatic rings. The molecule has 1 aromatic rings. The van der Waals surface area contributed by atoms with Crippen molar-refractivity contribution in [1.29, 1.82) is 0 Å². The normalized spacial score (nSPS) is 7.12. The van der Waals surface area contributed by atoms with E-state index in [9.17, 15) is 0 Å². The molecule has 0 unspecified atom stereocenters. The van der Waals surface area contributed by atoms with Crippen LogP contribution in [0, 0.1) is 0 Å². The molecule has 0 atom stereocenters. The lowest BCUT2D eigenvalue weighted by molar-refractivity contribution is 0.404. The molecular weight excluding hydrogens is 211 g/mol. The van der Waals surface area contributed by atoms with Gasteiger partial charge in [0.25, 0.3) is 0 Å². The molecule has 0 bridgehead atoms. The Bertz CT molecular complexity index is 263. The van der Waals surface area contributed by atoms with Crippen molar-refractivity contribution in [2.75, 3.05) is 0 Å². The van der Waals surface area contributed by atoms with E-state index >= 15 is 0 Å². The maximum atomic E-state index is 8.67. The highest BCUT2D eigenvalue weighted by Gasteiger charge is 1.90. The average molecular weight is 225 g/mol. The van der Waals surface area contributed by atoms with E-state index in [-0.39, 0.29) is 19.2 Å². The van der Waals surface area contributed by atoms with E-state index in [2.05, 4.69) is 17.9 Å². The zero-order valence-electron chi connectivity index (χ0n) is 8.65. The topological polar surface area (TPSA) is 90.2 Å². The minimum Gasteiger partial charge on any atom is -0.504 e. The molecule has 1 radical (unpaired) electrons. The van der Waals surface area contributed by atoms with E-state index in [1.54, 1.807) is 12.1 Å². The molecule has 0 aromatic heterocycles. The molecule has 0 aliphatic heterocycles. The third-order valence-electron chi connectivity index (χ3n) is 1.07. The van der Waals surface area contributed by atoms with Crippen molar-refractivity contribution < 1.29 is 25.0 Å². The Morgan fingerprint density at radius 2 is 1.31 bits per heavy atom. The van der Waals surface area contributed by atoms with Crippen molar-refractivity contribution in [3.05, 3.63) is 49.9 Å². The fourth-order valence-corrected chi connectivity index (χ4v) is 0.532. The highest BCUT2D eigenvalue weighted by Crippen LogP contribution is 2.21. The lowest BCUT2D eigenvalue weighted by atomic mass is 10.3. The van der Waals surface area contributed by atoms with Crippen molar-refractivity contribution in [2.24, 2.45) is 0 Å². The number of hydrogen-bond donors (Lipinski definition) is 4. The number of benzene rings is 1. The summed E-state index contributed by atoms with van der Waals surface area (Å²) in [7, 11) is 0. The molecule has 0 heterocycles. The summed E-state index contributed by atoms with van der Waals surface area (Å²) in [6, 6.07) is 6.15. The Morgan fingerprint density at radius 1 is 1.00 bits per heavy atom. The van der Waals surface area contributed by atoms with E-state index < -0.39 is 0 Å². The zero-order chi connectivity index (χ0) is 12.8. The Morgan fingerprint density at radius 3 is 1.44 bits per heavy atom. The number of rotatable bonds is 2. The predicted molar refractivity (Wildman–Crippen MR) is 61.4 cm³/mol. The Kier molecular flexibility index (Phi) is 13.5. The van der Waals surface area contributed by atoms with E-state index in [1.165, 1.54) is 24.7 Å². The van der Waals surface area contributed by atoms with Crippen LogP contribution in [-0.2, 0) is 4.74 Å². The third kappa shape index (κ3) is 12.1. The maximum Gasteiger partial charge on any atom is 0.482 e. The van der Waals surface area contributed by atoms with Gasteiger partial charge in [-0.05, 0) is 12.1 Å². The summed E-state index contributed by atoms with van der Waals surface area (Å²) in [5.41, 5.74) is 0. The number of aromatic hydroxyl groups is 2. The van der Waals surface area contributed by atoms with Gasteiger partial charge in [0.15, 0.2) is 11.5 Å². The van der Waals surface area contributed by atoms with Crippen LogP contribution in [0.1, 0.15) is 0 Å². The van der Waals surface area contributed by atoms with Gasteiger partial charge in [0.05, 0.1) is 12.5 Å². The van der Waals surface area contributed by atoms with Crippen LogP contribution in [0.4, 0.5) is 0 Å². The second kappa shape index (κ2) is 13.1. The maximum absolute atomic E-state index is 8.67. The summed E-state index contributed by atoms with van der Waals surface area (Å²) in [6.45, 7) is 6.51. The lowest BCUT2D eigenvalue weighted by Gasteiger charge is -1.91. The Hall–Kier alpha value is -1.92. The van der Waals surface area contributed by atoms with Gasteiger partial charge in [-0.25, -0.2) is 0 Å². The molecule has 1 aromatic carbocycles. The van der Waals surface area contributed by atoms with Crippen LogP contribution in [0.25, 0.3) is 0 Å². The van der Waals surface area contributed by atoms with E-state index in [0.717, 1.165) is 0 Å². The molecule has 4 N–H and O–H groups in total. The van der Waals surface area contributed by atoms with Gasteiger partial charge in [0, 0.05) is 0 Å². The van der Waals surface area contributed by atoms with Crippen molar-refractivity contribution in [3.8, 4) is 11.5 Å². The molecule has 16 heavy (non-hydrogen) atoms. The Balaban J connectivity index is 0. The van der Waals surface area contributed by atoms with Crippen LogP contribution in [0.15, 0.2) is 49.9 Å². The second-order valence-corrected chi connectivity index (χ2v) is 2.07. The van der Waals surface area contributed by atoms with Gasteiger partial charge in [0.1, 0.15) is 0 Å². The summed E-state index contributed by atoms with van der Waals surface area (Å²) >= 11 is 0. The number of hydrogen-bond acceptors (Lipinski definition) is 5. The van der Waals surface area contributed by atoms with Crippen molar-refractivity contribution in [3.63, 3.8) is 0 Å². The minimum atomic E-state index is -0.0764. The first-order valence-corrected chi connectivity index (χ1v) is 4.08. The van der Waals surface area contributed by atoms with Crippen LogP contribution in [0.3, 0.4) is 0 Å². The number of para-hydroxylation sites is 2. The van der Waals surface area contributed by atoms with Crippen molar-refractivity contribution in [1.82, 2.24) is 0 Å². The number of phenolic OH excluding ortho intramolecular Hbond substituents is 2. The fourth-order valence-electron chi connectivity index (χ4n) is 0.532. The van der Waals surface area contributed by atoms with Gasteiger partial charge >= 0.3 is 7.69 Å². The minimum absolute atomic E-state index is 0. The molecule has 1 rings (SSSR count). The Labute approximate surface area is 94.9 Å². The summed E-state index contributed by atoms with van der Waals surface area (Å²) in [5.74, 6) is -0.153. The fraction of sp³-hybridized carbons (Fsp3) is 0. The zero-order valence-corrected chi connectivity index (χ0v) is 8.65.